The molecule has 0 bridgehead atoms. The van der Waals surface area contributed by atoms with E-state index in [1.165, 1.54) is 0 Å². The lowest BCUT2D eigenvalue weighted by Crippen LogP contribution is -2.58. The Bertz CT molecular complexity index is 1180. The van der Waals surface area contributed by atoms with Crippen LogP contribution >= 0.6 is 0 Å². The standard InChI is InChI=1S/C22H28N6O9/c23-12(9-29)19(33)26-15(7-18(31)32)21(35)27-14(20(34)28-16(22(36)37)6-17(24)30)5-10-8-25-13-4-2-1-3-11(10)13/h1-4,8,12,14-16,25,29H,5-7,9,23H2,(H2,24,30)(H,26,33)(H,27,35)(H,28,34)(H,31,32)(H,36,37). The van der Waals surface area contributed by atoms with Gasteiger partial charge in [-0.3, -0.25) is 24.0 Å². The van der Waals surface area contributed by atoms with E-state index in [1.54, 1.807) is 30.5 Å². The van der Waals surface area contributed by atoms with Crippen LogP contribution in [0.3, 0.4) is 0 Å². The van der Waals surface area contributed by atoms with Crippen LogP contribution in [0, 0.1) is 0 Å². The van der Waals surface area contributed by atoms with Crippen LogP contribution in [0.15, 0.2) is 30.5 Å². The highest BCUT2D eigenvalue weighted by atomic mass is 16.4. The number of rotatable bonds is 14. The maximum Gasteiger partial charge on any atom is 0.326 e. The van der Waals surface area contributed by atoms with E-state index in [0.29, 0.717) is 16.5 Å². The molecule has 1 aromatic carbocycles. The minimum absolute atomic E-state index is 0.172. The SMILES string of the molecule is NC(=O)CC(NC(=O)C(Cc1c[nH]c2ccccc12)NC(=O)C(CC(=O)O)NC(=O)C(N)CO)C(=O)O. The fourth-order valence-corrected chi connectivity index (χ4v) is 3.42. The summed E-state index contributed by atoms with van der Waals surface area (Å²) in [4.78, 5) is 75.1. The number of carbonyl (C=O) groups is 6. The first-order chi connectivity index (χ1) is 17.4. The summed E-state index contributed by atoms with van der Waals surface area (Å²) in [5, 5.41) is 34.8. The van der Waals surface area contributed by atoms with E-state index in [2.05, 4.69) is 20.9 Å². The van der Waals surface area contributed by atoms with Crippen molar-refractivity contribution in [2.24, 2.45) is 11.5 Å². The molecule has 0 spiro atoms. The van der Waals surface area contributed by atoms with Gasteiger partial charge in [0.2, 0.25) is 23.6 Å². The molecule has 4 amide bonds. The molecule has 1 aromatic heterocycles. The van der Waals surface area contributed by atoms with Crippen LogP contribution < -0.4 is 27.4 Å². The number of aliphatic hydroxyl groups excluding tert-OH is 1. The first-order valence-electron chi connectivity index (χ1n) is 11.0. The Balaban J connectivity index is 2.34. The molecule has 0 fully saturated rings. The third-order valence-electron chi connectivity index (χ3n) is 5.30. The molecule has 4 atom stereocenters. The van der Waals surface area contributed by atoms with Crippen molar-refractivity contribution in [3.63, 3.8) is 0 Å². The van der Waals surface area contributed by atoms with Gasteiger partial charge in [-0.25, -0.2) is 4.79 Å². The van der Waals surface area contributed by atoms with Crippen LogP contribution in [-0.2, 0) is 35.2 Å². The van der Waals surface area contributed by atoms with Crippen molar-refractivity contribution < 1.29 is 44.1 Å². The number of benzene rings is 1. The van der Waals surface area contributed by atoms with Gasteiger partial charge in [-0.1, -0.05) is 18.2 Å². The van der Waals surface area contributed by atoms with Gasteiger partial charge in [0.15, 0.2) is 0 Å². The van der Waals surface area contributed by atoms with Crippen LogP contribution in [0.25, 0.3) is 10.9 Å². The number of carboxylic acids is 2. The van der Waals surface area contributed by atoms with Crippen LogP contribution in [0.2, 0.25) is 0 Å². The fraction of sp³-hybridized carbons (Fsp3) is 0.364. The van der Waals surface area contributed by atoms with Gasteiger partial charge in [0.1, 0.15) is 24.2 Å². The number of aliphatic carboxylic acids is 2. The van der Waals surface area contributed by atoms with Gasteiger partial charge in [-0.05, 0) is 11.6 Å². The zero-order valence-corrected chi connectivity index (χ0v) is 19.5. The summed E-state index contributed by atoms with van der Waals surface area (Å²) in [5.41, 5.74) is 11.7. The Morgan fingerprint density at radius 2 is 1.46 bits per heavy atom. The normalized spacial score (nSPS) is 14.1. The molecule has 15 heteroatoms. The summed E-state index contributed by atoms with van der Waals surface area (Å²) in [7, 11) is 0. The molecule has 2 rings (SSSR count). The number of nitrogens with two attached hydrogens (primary N) is 2. The number of carbonyl (C=O) groups excluding carboxylic acids is 4. The molecule has 0 saturated carbocycles. The molecule has 0 aliphatic heterocycles. The second-order valence-corrected chi connectivity index (χ2v) is 8.14. The maximum absolute atomic E-state index is 13.1. The van der Waals surface area contributed by atoms with Crippen LogP contribution in [0.4, 0.5) is 0 Å². The number of hydrogen-bond acceptors (Lipinski definition) is 8. The van der Waals surface area contributed by atoms with E-state index in [4.69, 9.17) is 16.6 Å². The van der Waals surface area contributed by atoms with Gasteiger partial charge in [0.25, 0.3) is 0 Å². The number of hydrogen-bond donors (Lipinski definition) is 9. The zero-order valence-electron chi connectivity index (χ0n) is 19.5. The van der Waals surface area contributed by atoms with Crippen molar-refractivity contribution in [1.82, 2.24) is 20.9 Å². The van der Waals surface area contributed by atoms with E-state index < -0.39 is 79.2 Å². The summed E-state index contributed by atoms with van der Waals surface area (Å²) in [6.07, 6.45) is -0.192. The van der Waals surface area contributed by atoms with E-state index in [9.17, 15) is 39.0 Å². The van der Waals surface area contributed by atoms with E-state index in [0.717, 1.165) is 0 Å². The van der Waals surface area contributed by atoms with E-state index >= 15 is 0 Å². The molecule has 0 saturated heterocycles. The molecular formula is C22H28N6O9. The average molecular weight is 520 g/mol. The zero-order chi connectivity index (χ0) is 27.7. The molecule has 200 valence electrons. The highest BCUT2D eigenvalue weighted by molar-refractivity contribution is 5.96. The predicted molar refractivity (Wildman–Crippen MR) is 127 cm³/mol. The number of primary amides is 1. The van der Waals surface area contributed by atoms with E-state index in [1.807, 2.05) is 0 Å². The highest BCUT2D eigenvalue weighted by Gasteiger charge is 2.32. The summed E-state index contributed by atoms with van der Waals surface area (Å²) in [6, 6.07) is 0.763. The molecule has 0 radical (unpaired) electrons. The van der Waals surface area contributed by atoms with Gasteiger partial charge in [0.05, 0.1) is 19.4 Å². The Morgan fingerprint density at radius 3 is 2.05 bits per heavy atom. The molecular weight excluding hydrogens is 492 g/mol. The first kappa shape index (κ1) is 28.7. The number of carboxylic acid groups (broad SMARTS) is 2. The quantitative estimate of drug-likeness (QED) is 0.121. The minimum Gasteiger partial charge on any atom is -0.481 e. The lowest BCUT2D eigenvalue weighted by Gasteiger charge is -2.24. The van der Waals surface area contributed by atoms with Crippen LogP contribution in [-0.4, -0.2) is 86.6 Å². The summed E-state index contributed by atoms with van der Waals surface area (Å²) >= 11 is 0. The minimum atomic E-state index is -1.69. The monoisotopic (exact) mass is 520 g/mol. The lowest BCUT2D eigenvalue weighted by atomic mass is 10.0. The smallest absolute Gasteiger partial charge is 0.326 e. The number of aliphatic hydroxyl groups is 1. The van der Waals surface area contributed by atoms with Crippen molar-refractivity contribution in [2.45, 2.75) is 43.4 Å². The van der Waals surface area contributed by atoms with Gasteiger partial charge >= 0.3 is 11.9 Å². The molecule has 15 nitrogen and oxygen atoms in total. The number of amides is 4. The Labute approximate surface area is 209 Å². The highest BCUT2D eigenvalue weighted by Crippen LogP contribution is 2.19. The largest absolute Gasteiger partial charge is 0.481 e. The third kappa shape index (κ3) is 8.29. The fourth-order valence-electron chi connectivity index (χ4n) is 3.42. The Hall–Kier alpha value is -4.50. The number of nitrogens with one attached hydrogen (secondary N) is 4. The number of H-pyrrole nitrogens is 1. The summed E-state index contributed by atoms with van der Waals surface area (Å²) in [6.45, 7) is -0.769. The van der Waals surface area contributed by atoms with Crippen LogP contribution in [0.5, 0.6) is 0 Å². The number of fused-ring (bicyclic) bond motifs is 1. The van der Waals surface area contributed by atoms with Gasteiger partial charge in [-0.15, -0.1) is 0 Å². The number of aromatic amines is 1. The second kappa shape index (κ2) is 13.0. The van der Waals surface area contributed by atoms with Crippen molar-refractivity contribution in [3.05, 3.63) is 36.0 Å². The summed E-state index contributed by atoms with van der Waals surface area (Å²) in [5.74, 6) is -7.08. The van der Waals surface area contributed by atoms with Crippen LogP contribution in [0.1, 0.15) is 18.4 Å². The van der Waals surface area contributed by atoms with Gasteiger partial charge in [-0.2, -0.15) is 0 Å². The molecule has 0 aliphatic carbocycles. The first-order valence-corrected chi connectivity index (χ1v) is 11.0. The van der Waals surface area contributed by atoms with E-state index in [-0.39, 0.29) is 6.42 Å². The Morgan fingerprint density at radius 1 is 0.865 bits per heavy atom. The van der Waals surface area contributed by atoms with Gasteiger partial charge in [0, 0.05) is 23.5 Å². The van der Waals surface area contributed by atoms with Crippen molar-refractivity contribution in [1.29, 1.82) is 0 Å². The molecule has 2 aromatic rings. The molecule has 0 aliphatic rings. The average Bonchev–Trinajstić information content (AvgIpc) is 3.24. The molecule has 11 N–H and O–H groups in total. The second-order valence-electron chi connectivity index (χ2n) is 8.14. The van der Waals surface area contributed by atoms with Crippen molar-refractivity contribution >= 4 is 46.5 Å². The lowest BCUT2D eigenvalue weighted by molar-refractivity contribution is -0.144. The number of aromatic nitrogens is 1. The topological polar surface area (TPSA) is 267 Å². The Kier molecular flexibility index (Phi) is 10.1. The van der Waals surface area contributed by atoms with Crippen molar-refractivity contribution in [2.75, 3.05) is 6.61 Å². The molecule has 37 heavy (non-hydrogen) atoms. The predicted octanol–water partition coefficient (Wildman–Crippen LogP) is -3.08. The number of para-hydroxylation sites is 1. The van der Waals surface area contributed by atoms with Gasteiger partial charge < -0.3 is 47.7 Å². The van der Waals surface area contributed by atoms with Crippen molar-refractivity contribution in [3.8, 4) is 0 Å². The maximum atomic E-state index is 13.1. The molecule has 4 unspecified atom stereocenters. The molecule has 1 heterocycles. The third-order valence-corrected chi connectivity index (χ3v) is 5.30. The summed E-state index contributed by atoms with van der Waals surface area (Å²) < 4.78 is 0.